The molecule has 0 bridgehead atoms. The van der Waals surface area contributed by atoms with E-state index in [4.69, 9.17) is 20.3 Å². The molecule has 2 aliphatic rings. The fourth-order valence-corrected chi connectivity index (χ4v) is 4.92. The number of benzene rings is 2. The number of anilines is 1. The number of rotatable bonds is 6. The number of hydrogen-bond acceptors (Lipinski definition) is 7. The Labute approximate surface area is 200 Å². The standard InChI is InChI=1S/C26H32N4O4/c1-26(2)23(16-31)30(28-24(26)17-8-9-21(33-3)22(15-17)34-4)20-10-12-29(13-11-20)25(32)18-6-5-7-19(27)14-18/h5-9,14-16,20,23H,10-13,27H2,1-4H3. The molecule has 2 heterocycles. The molecule has 1 fully saturated rings. The van der Waals surface area contributed by atoms with Gasteiger partial charge in [-0.1, -0.05) is 19.9 Å². The van der Waals surface area contributed by atoms with Crippen LogP contribution < -0.4 is 15.2 Å². The first-order valence-electron chi connectivity index (χ1n) is 11.5. The van der Waals surface area contributed by atoms with E-state index in [0.29, 0.717) is 35.8 Å². The quantitative estimate of drug-likeness (QED) is 0.521. The van der Waals surface area contributed by atoms with E-state index in [2.05, 4.69) is 0 Å². The van der Waals surface area contributed by atoms with Gasteiger partial charge in [-0.2, -0.15) is 5.10 Å². The van der Waals surface area contributed by atoms with Gasteiger partial charge in [0, 0.05) is 35.3 Å². The van der Waals surface area contributed by atoms with Crippen molar-refractivity contribution in [3.8, 4) is 11.5 Å². The monoisotopic (exact) mass is 464 g/mol. The highest BCUT2D eigenvalue weighted by Gasteiger charge is 2.47. The van der Waals surface area contributed by atoms with E-state index in [1.807, 2.05) is 42.0 Å². The molecule has 2 aromatic carbocycles. The van der Waals surface area contributed by atoms with Gasteiger partial charge in [-0.3, -0.25) is 9.80 Å². The van der Waals surface area contributed by atoms with Crippen molar-refractivity contribution in [3.63, 3.8) is 0 Å². The lowest BCUT2D eigenvalue weighted by molar-refractivity contribution is -0.115. The van der Waals surface area contributed by atoms with Crippen molar-refractivity contribution in [3.05, 3.63) is 53.6 Å². The van der Waals surface area contributed by atoms with E-state index < -0.39 is 11.5 Å². The minimum Gasteiger partial charge on any atom is -0.493 e. The number of carbonyl (C=O) groups excluding carboxylic acids is 2. The van der Waals surface area contributed by atoms with Crippen molar-refractivity contribution in [2.45, 2.75) is 38.8 Å². The van der Waals surface area contributed by atoms with Gasteiger partial charge in [0.05, 0.1) is 26.0 Å². The third-order valence-electron chi connectivity index (χ3n) is 6.90. The predicted octanol–water partition coefficient (Wildman–Crippen LogP) is 3.20. The Morgan fingerprint density at radius 2 is 1.79 bits per heavy atom. The third-order valence-corrected chi connectivity index (χ3v) is 6.90. The minimum absolute atomic E-state index is 0.0195. The number of amides is 1. The normalized spacial score (nSPS) is 20.1. The van der Waals surface area contributed by atoms with Gasteiger partial charge >= 0.3 is 0 Å². The van der Waals surface area contributed by atoms with Gasteiger partial charge in [0.2, 0.25) is 0 Å². The molecule has 0 saturated carbocycles. The number of hydrogen-bond donors (Lipinski definition) is 1. The van der Waals surface area contributed by atoms with Gasteiger partial charge in [0.1, 0.15) is 12.3 Å². The maximum absolute atomic E-state index is 12.9. The van der Waals surface area contributed by atoms with Gasteiger partial charge in [-0.05, 0) is 49.2 Å². The molecule has 8 nitrogen and oxygen atoms in total. The maximum Gasteiger partial charge on any atom is 0.253 e. The second kappa shape index (κ2) is 9.37. The number of carbonyl (C=O) groups is 2. The molecule has 0 aliphatic carbocycles. The van der Waals surface area contributed by atoms with Crippen LogP contribution in [0.3, 0.4) is 0 Å². The van der Waals surface area contributed by atoms with E-state index >= 15 is 0 Å². The van der Waals surface area contributed by atoms with Crippen molar-refractivity contribution in [2.75, 3.05) is 33.0 Å². The van der Waals surface area contributed by atoms with Crippen LogP contribution in [-0.2, 0) is 4.79 Å². The molecular weight excluding hydrogens is 432 g/mol. The average Bonchev–Trinajstić information content (AvgIpc) is 3.13. The molecule has 34 heavy (non-hydrogen) atoms. The van der Waals surface area contributed by atoms with Crippen LogP contribution in [0.2, 0.25) is 0 Å². The molecule has 1 saturated heterocycles. The molecule has 8 heteroatoms. The van der Waals surface area contributed by atoms with Gasteiger partial charge in [0.15, 0.2) is 11.5 Å². The summed E-state index contributed by atoms with van der Waals surface area (Å²) in [5.41, 5.74) is 8.26. The number of hydrazone groups is 1. The Kier molecular flexibility index (Phi) is 6.50. The molecule has 1 atom stereocenters. The summed E-state index contributed by atoms with van der Waals surface area (Å²) < 4.78 is 10.8. The molecule has 1 unspecified atom stereocenters. The summed E-state index contributed by atoms with van der Waals surface area (Å²) in [6, 6.07) is 12.4. The second-order valence-electron chi connectivity index (χ2n) is 9.35. The lowest BCUT2D eigenvalue weighted by atomic mass is 9.78. The van der Waals surface area contributed by atoms with Crippen LogP contribution in [0.5, 0.6) is 11.5 Å². The zero-order valence-electron chi connectivity index (χ0n) is 20.2. The fourth-order valence-electron chi connectivity index (χ4n) is 4.92. The highest BCUT2D eigenvalue weighted by molar-refractivity contribution is 6.07. The highest BCUT2D eigenvalue weighted by atomic mass is 16.5. The van der Waals surface area contributed by atoms with Gasteiger partial charge < -0.3 is 24.9 Å². The number of likely N-dealkylation sites (tertiary alicyclic amines) is 1. The highest BCUT2D eigenvalue weighted by Crippen LogP contribution is 2.40. The topological polar surface area (TPSA) is 97.5 Å². The van der Waals surface area contributed by atoms with Gasteiger partial charge in [0.25, 0.3) is 5.91 Å². The van der Waals surface area contributed by atoms with Gasteiger partial charge in [-0.15, -0.1) is 0 Å². The summed E-state index contributed by atoms with van der Waals surface area (Å²) in [4.78, 5) is 27.0. The molecule has 180 valence electrons. The average molecular weight is 465 g/mol. The molecule has 2 aliphatic heterocycles. The largest absolute Gasteiger partial charge is 0.493 e. The number of ether oxygens (including phenoxy) is 2. The zero-order valence-corrected chi connectivity index (χ0v) is 20.2. The summed E-state index contributed by atoms with van der Waals surface area (Å²) in [6.07, 6.45) is 2.45. The number of methoxy groups -OCH3 is 2. The summed E-state index contributed by atoms with van der Waals surface area (Å²) in [5, 5.41) is 6.91. The molecule has 0 radical (unpaired) electrons. The lowest BCUT2D eigenvalue weighted by Gasteiger charge is -2.39. The Balaban J connectivity index is 1.54. The van der Waals surface area contributed by atoms with Gasteiger partial charge in [-0.25, -0.2) is 0 Å². The van der Waals surface area contributed by atoms with Crippen LogP contribution in [0, 0.1) is 5.41 Å². The number of aldehydes is 1. The summed E-state index contributed by atoms with van der Waals surface area (Å²) in [6.45, 7) is 5.28. The van der Waals surface area contributed by atoms with E-state index in [1.165, 1.54) is 0 Å². The number of nitrogens with two attached hydrogens (primary N) is 1. The lowest BCUT2D eigenvalue weighted by Crippen LogP contribution is -2.50. The van der Waals surface area contributed by atoms with Crippen LogP contribution in [0.15, 0.2) is 47.6 Å². The van der Waals surface area contributed by atoms with E-state index in [9.17, 15) is 9.59 Å². The van der Waals surface area contributed by atoms with E-state index in [1.54, 1.807) is 38.5 Å². The predicted molar refractivity (Wildman–Crippen MR) is 131 cm³/mol. The Morgan fingerprint density at radius 1 is 1.09 bits per heavy atom. The fraction of sp³-hybridized carbons (Fsp3) is 0.423. The van der Waals surface area contributed by atoms with E-state index in [0.717, 1.165) is 30.4 Å². The first-order valence-corrected chi connectivity index (χ1v) is 11.5. The molecule has 4 rings (SSSR count). The number of nitrogen functional groups attached to an aromatic ring is 1. The van der Waals surface area contributed by atoms with Crippen molar-refractivity contribution in [2.24, 2.45) is 10.5 Å². The molecule has 2 N–H and O–H groups in total. The Bertz CT molecular complexity index is 1110. The molecule has 2 aromatic rings. The minimum atomic E-state index is -0.490. The molecular formula is C26H32N4O4. The summed E-state index contributed by atoms with van der Waals surface area (Å²) in [5.74, 6) is 1.24. The van der Waals surface area contributed by atoms with Crippen molar-refractivity contribution in [1.82, 2.24) is 9.91 Å². The smallest absolute Gasteiger partial charge is 0.253 e. The maximum atomic E-state index is 12.9. The summed E-state index contributed by atoms with van der Waals surface area (Å²) in [7, 11) is 3.20. The van der Waals surface area contributed by atoms with Crippen molar-refractivity contribution in [1.29, 1.82) is 0 Å². The Hall–Kier alpha value is -3.55. The first kappa shape index (κ1) is 23.6. The molecule has 0 spiro atoms. The van der Waals surface area contributed by atoms with Crippen LogP contribution in [-0.4, -0.2) is 67.2 Å². The Morgan fingerprint density at radius 3 is 2.41 bits per heavy atom. The molecule has 1 amide bonds. The van der Waals surface area contributed by atoms with Crippen LogP contribution in [0.4, 0.5) is 5.69 Å². The van der Waals surface area contributed by atoms with Crippen molar-refractivity contribution < 1.29 is 19.1 Å². The van der Waals surface area contributed by atoms with Crippen LogP contribution >= 0.6 is 0 Å². The van der Waals surface area contributed by atoms with Crippen molar-refractivity contribution >= 4 is 23.6 Å². The number of piperidine rings is 1. The second-order valence-corrected chi connectivity index (χ2v) is 9.35. The third kappa shape index (κ3) is 4.20. The zero-order chi connectivity index (χ0) is 24.5. The van der Waals surface area contributed by atoms with Crippen LogP contribution in [0.1, 0.15) is 42.6 Å². The summed E-state index contributed by atoms with van der Waals surface area (Å²) >= 11 is 0. The van der Waals surface area contributed by atoms with E-state index in [-0.39, 0.29) is 11.9 Å². The van der Waals surface area contributed by atoms with Crippen LogP contribution in [0.25, 0.3) is 0 Å². The number of nitrogens with zero attached hydrogens (tertiary/aromatic N) is 3. The molecule has 0 aromatic heterocycles. The first-order chi connectivity index (χ1) is 16.3. The SMILES string of the molecule is COc1ccc(C2=NN(C3CCN(C(=O)c4cccc(N)c4)CC3)C(C=O)C2(C)C)cc1OC.